The second-order valence-electron chi connectivity index (χ2n) is 9.50. The summed E-state index contributed by atoms with van der Waals surface area (Å²) in [7, 11) is 0. The Hall–Kier alpha value is -4.91. The van der Waals surface area contributed by atoms with Crippen molar-refractivity contribution >= 4 is 55.5 Å². The molecule has 7 aromatic rings. The number of anilines is 1. The Labute approximate surface area is 211 Å². The van der Waals surface area contributed by atoms with Gasteiger partial charge in [0.05, 0.1) is 17.4 Å². The SMILES string of the molecule is Cc1cc(N)nc(C)c1CNC(=O)c1ccc2c(c1)c1oc2c2ccc(-c3cccc4[nH]cnc34)cc21. The molecule has 0 fully saturated rings. The summed E-state index contributed by atoms with van der Waals surface area (Å²) in [6.07, 6.45) is 1.71. The smallest absolute Gasteiger partial charge is 0.251 e. The molecular formula is C30H23N5O2. The van der Waals surface area contributed by atoms with Gasteiger partial charge in [-0.25, -0.2) is 9.97 Å². The van der Waals surface area contributed by atoms with Gasteiger partial charge in [0, 0.05) is 44.9 Å². The van der Waals surface area contributed by atoms with Crippen LogP contribution in [-0.2, 0) is 6.54 Å². The van der Waals surface area contributed by atoms with Gasteiger partial charge in [-0.3, -0.25) is 4.79 Å². The number of carbonyl (C=O) groups excluding carboxylic acids is 1. The van der Waals surface area contributed by atoms with Crippen molar-refractivity contribution in [2.75, 3.05) is 5.73 Å². The van der Waals surface area contributed by atoms with E-state index in [1.54, 1.807) is 6.33 Å². The number of furan rings is 2. The van der Waals surface area contributed by atoms with E-state index in [1.165, 1.54) is 0 Å². The monoisotopic (exact) mass is 485 g/mol. The Morgan fingerprint density at radius 1 is 0.973 bits per heavy atom. The molecule has 0 unspecified atom stereocenters. The number of pyridine rings is 1. The minimum absolute atomic E-state index is 0.147. The molecule has 4 N–H and O–H groups in total. The first-order chi connectivity index (χ1) is 18.0. The summed E-state index contributed by atoms with van der Waals surface area (Å²) in [5.41, 5.74) is 14.9. The average molecular weight is 486 g/mol. The van der Waals surface area contributed by atoms with Gasteiger partial charge in [-0.2, -0.15) is 0 Å². The summed E-state index contributed by atoms with van der Waals surface area (Å²) in [4.78, 5) is 25.1. The molecule has 7 nitrogen and oxygen atoms in total. The van der Waals surface area contributed by atoms with Gasteiger partial charge in [0.25, 0.3) is 5.91 Å². The fraction of sp³-hybridized carbons (Fsp3) is 0.100. The topological polar surface area (TPSA) is 110 Å². The van der Waals surface area contributed by atoms with Crippen molar-refractivity contribution in [3.05, 3.63) is 89.4 Å². The van der Waals surface area contributed by atoms with Crippen molar-refractivity contribution in [3.63, 3.8) is 0 Å². The standard InChI is InChI=1S/C30H23N5O2/c1-15-10-26(31)35-16(2)24(15)13-32-30(36)18-7-9-21-23(12-18)29-22-11-17(6-8-20(22)28(21)37-29)19-4-3-5-25-27(19)34-14-33-25/h3-12,14H,13H2,1-2H3,(H2,31,35)(H,32,36)(H,33,34). The number of aryl methyl sites for hydroxylation is 2. The highest BCUT2D eigenvalue weighted by molar-refractivity contribution is 6.26. The van der Waals surface area contributed by atoms with Gasteiger partial charge in [-0.1, -0.05) is 18.2 Å². The Morgan fingerprint density at radius 3 is 2.59 bits per heavy atom. The molecule has 1 amide bonds. The van der Waals surface area contributed by atoms with Crippen LogP contribution in [0, 0.1) is 13.8 Å². The van der Waals surface area contributed by atoms with E-state index in [4.69, 9.17) is 10.2 Å². The minimum atomic E-state index is -0.147. The third-order valence-corrected chi connectivity index (χ3v) is 7.24. The van der Waals surface area contributed by atoms with Gasteiger partial charge >= 0.3 is 0 Å². The quantitative estimate of drug-likeness (QED) is 0.256. The first kappa shape index (κ1) is 21.4. The number of nitrogens with zero attached hydrogens (tertiary/aromatic N) is 2. The Kier molecular flexibility index (Phi) is 4.50. The van der Waals surface area contributed by atoms with Crippen LogP contribution in [0.5, 0.6) is 0 Å². The molecule has 0 aliphatic heterocycles. The van der Waals surface area contributed by atoms with Crippen molar-refractivity contribution in [1.82, 2.24) is 20.3 Å². The number of aromatic amines is 1. The number of carbonyl (C=O) groups is 1. The zero-order valence-corrected chi connectivity index (χ0v) is 20.3. The lowest BCUT2D eigenvalue weighted by molar-refractivity contribution is 0.0951. The lowest BCUT2D eigenvalue weighted by Gasteiger charge is -2.11. The van der Waals surface area contributed by atoms with Crippen molar-refractivity contribution in [3.8, 4) is 11.1 Å². The number of fused-ring (bicyclic) bond motifs is 9. The molecule has 0 spiro atoms. The predicted molar refractivity (Wildman–Crippen MR) is 147 cm³/mol. The van der Waals surface area contributed by atoms with Gasteiger partial charge < -0.3 is 20.5 Å². The number of aromatic nitrogens is 3. The highest BCUT2D eigenvalue weighted by Gasteiger charge is 2.20. The summed E-state index contributed by atoms with van der Waals surface area (Å²) < 4.78 is 6.24. The van der Waals surface area contributed by atoms with Crippen molar-refractivity contribution in [1.29, 1.82) is 0 Å². The van der Waals surface area contributed by atoms with Gasteiger partial charge in [0.15, 0.2) is 0 Å². The number of hydrogen-bond donors (Lipinski definition) is 3. The predicted octanol–water partition coefficient (Wildman–Crippen LogP) is 6.24. The van der Waals surface area contributed by atoms with Crippen molar-refractivity contribution in [2.24, 2.45) is 0 Å². The summed E-state index contributed by atoms with van der Waals surface area (Å²) >= 11 is 0. The molecule has 3 aromatic carbocycles. The zero-order chi connectivity index (χ0) is 25.3. The number of hydrogen-bond acceptors (Lipinski definition) is 5. The maximum absolute atomic E-state index is 13.1. The number of benzene rings is 4. The molecular weight excluding hydrogens is 462 g/mol. The number of H-pyrrole nitrogens is 1. The number of nitrogens with one attached hydrogen (secondary N) is 2. The van der Waals surface area contributed by atoms with E-state index in [1.807, 2.05) is 50.2 Å². The highest BCUT2D eigenvalue weighted by Crippen LogP contribution is 2.42. The third kappa shape index (κ3) is 3.24. The average Bonchev–Trinajstić information content (AvgIpc) is 3.61. The molecule has 0 saturated heterocycles. The molecule has 180 valence electrons. The van der Waals surface area contributed by atoms with Gasteiger partial charge in [0.2, 0.25) is 0 Å². The Morgan fingerprint density at radius 2 is 1.76 bits per heavy atom. The van der Waals surface area contributed by atoms with Gasteiger partial charge in [0.1, 0.15) is 17.0 Å². The molecule has 0 radical (unpaired) electrons. The van der Waals surface area contributed by atoms with Crippen LogP contribution >= 0.6 is 0 Å². The summed E-state index contributed by atoms with van der Waals surface area (Å²) in [6, 6.07) is 20.0. The molecule has 0 aliphatic carbocycles. The van der Waals surface area contributed by atoms with Crippen LogP contribution in [0.3, 0.4) is 0 Å². The summed E-state index contributed by atoms with van der Waals surface area (Å²) in [5, 5.41) is 7.08. The molecule has 2 bridgehead atoms. The first-order valence-corrected chi connectivity index (χ1v) is 12.1. The van der Waals surface area contributed by atoms with E-state index >= 15 is 0 Å². The number of amides is 1. The van der Waals surface area contributed by atoms with Crippen LogP contribution in [0.2, 0.25) is 0 Å². The van der Waals surface area contributed by atoms with E-state index in [2.05, 4.69) is 44.5 Å². The molecule has 4 aromatic heterocycles. The minimum Gasteiger partial charge on any atom is -0.455 e. The van der Waals surface area contributed by atoms with E-state index in [9.17, 15) is 4.79 Å². The molecule has 0 aliphatic rings. The van der Waals surface area contributed by atoms with Crippen molar-refractivity contribution < 1.29 is 9.21 Å². The van der Waals surface area contributed by atoms with Crippen LogP contribution in [0.4, 0.5) is 5.82 Å². The fourth-order valence-electron chi connectivity index (χ4n) is 5.41. The second-order valence-corrected chi connectivity index (χ2v) is 9.50. The van der Waals surface area contributed by atoms with E-state index in [-0.39, 0.29) is 5.91 Å². The highest BCUT2D eigenvalue weighted by atomic mass is 16.3. The van der Waals surface area contributed by atoms with E-state index < -0.39 is 0 Å². The molecule has 0 saturated carbocycles. The number of nitrogens with two attached hydrogens (primary N) is 1. The Balaban J connectivity index is 1.26. The zero-order valence-electron chi connectivity index (χ0n) is 20.3. The number of para-hydroxylation sites is 1. The normalized spacial score (nSPS) is 11.8. The van der Waals surface area contributed by atoms with E-state index in [0.29, 0.717) is 17.9 Å². The maximum atomic E-state index is 13.1. The van der Waals surface area contributed by atoms with Crippen LogP contribution in [-0.4, -0.2) is 20.9 Å². The van der Waals surface area contributed by atoms with Crippen LogP contribution in [0.25, 0.3) is 54.9 Å². The molecule has 37 heavy (non-hydrogen) atoms. The van der Waals surface area contributed by atoms with Gasteiger partial charge in [-0.05, 0) is 73.0 Å². The summed E-state index contributed by atoms with van der Waals surface area (Å²) in [5.74, 6) is 0.337. The van der Waals surface area contributed by atoms with Crippen LogP contribution in [0.15, 0.2) is 71.4 Å². The lowest BCUT2D eigenvalue weighted by Crippen LogP contribution is -2.24. The number of nitrogen functional groups attached to an aromatic ring is 1. The number of imidazole rings is 1. The molecule has 4 heterocycles. The first-order valence-electron chi connectivity index (χ1n) is 12.1. The van der Waals surface area contributed by atoms with Crippen LogP contribution in [0.1, 0.15) is 27.2 Å². The van der Waals surface area contributed by atoms with Gasteiger partial charge in [-0.15, -0.1) is 0 Å². The third-order valence-electron chi connectivity index (χ3n) is 7.24. The van der Waals surface area contributed by atoms with E-state index in [0.717, 1.165) is 71.7 Å². The van der Waals surface area contributed by atoms with Crippen LogP contribution < -0.4 is 11.1 Å². The molecule has 7 heteroatoms. The second kappa shape index (κ2) is 7.80. The molecule has 0 atom stereocenters. The Bertz CT molecular complexity index is 1980. The van der Waals surface area contributed by atoms with Crippen molar-refractivity contribution in [2.45, 2.75) is 20.4 Å². The fourth-order valence-corrected chi connectivity index (χ4v) is 5.41. The largest absolute Gasteiger partial charge is 0.455 e. The molecule has 7 rings (SSSR count). The lowest BCUT2D eigenvalue weighted by atomic mass is 9.97. The number of rotatable bonds is 4. The summed E-state index contributed by atoms with van der Waals surface area (Å²) in [6.45, 7) is 4.26. The maximum Gasteiger partial charge on any atom is 0.251 e.